The van der Waals surface area contributed by atoms with Gasteiger partial charge in [0.05, 0.1) is 12.2 Å². The fourth-order valence-corrected chi connectivity index (χ4v) is 23.0. The van der Waals surface area contributed by atoms with Gasteiger partial charge in [-0.2, -0.15) is 0 Å². The molecule has 6 unspecified atom stereocenters. The van der Waals surface area contributed by atoms with Gasteiger partial charge in [0.25, 0.3) is 0 Å². The van der Waals surface area contributed by atoms with Crippen molar-refractivity contribution in [2.75, 3.05) is 0 Å². The third-order valence-electron chi connectivity index (χ3n) is 7.63. The van der Waals surface area contributed by atoms with Gasteiger partial charge in [-0.1, -0.05) is 26.9 Å². The molecule has 2 rings (SSSR count). The summed E-state index contributed by atoms with van der Waals surface area (Å²) in [6.45, 7) is 17.8. The minimum Gasteiger partial charge on any atom is -0.402 e. The van der Waals surface area contributed by atoms with Crippen molar-refractivity contribution >= 4 is 45.2 Å². The monoisotopic (exact) mass is 524 g/mol. The van der Waals surface area contributed by atoms with Crippen LogP contribution in [0, 0.1) is 11.8 Å². The summed E-state index contributed by atoms with van der Waals surface area (Å²) in [4.78, 5) is 0. The summed E-state index contributed by atoms with van der Waals surface area (Å²) in [7, 11) is -9.04. The second-order valence-electron chi connectivity index (χ2n) is 10.9. The van der Waals surface area contributed by atoms with Gasteiger partial charge in [0.2, 0.25) is 0 Å². The van der Waals surface area contributed by atoms with E-state index in [9.17, 15) is 10.2 Å². The Labute approximate surface area is 198 Å². The van der Waals surface area contributed by atoms with Crippen molar-refractivity contribution in [3.63, 3.8) is 0 Å². The van der Waals surface area contributed by atoms with Crippen LogP contribution in [0.5, 0.6) is 0 Å². The van der Waals surface area contributed by atoms with Crippen LogP contribution in [-0.2, 0) is 16.5 Å². The van der Waals surface area contributed by atoms with E-state index in [-0.39, 0.29) is 12.2 Å². The highest BCUT2D eigenvalue weighted by Gasteiger charge is 2.56. The van der Waals surface area contributed by atoms with Crippen LogP contribution in [0.2, 0.25) is 50.4 Å². The van der Waals surface area contributed by atoms with E-state index in [4.69, 9.17) is 16.5 Å². The quantitative estimate of drug-likeness (QED) is 0.427. The van der Waals surface area contributed by atoms with Crippen molar-refractivity contribution in [2.45, 2.75) is 115 Å². The summed E-state index contributed by atoms with van der Waals surface area (Å²) in [5.74, 6) is 0.630. The zero-order chi connectivity index (χ0) is 23.4. The van der Waals surface area contributed by atoms with Crippen molar-refractivity contribution in [3.8, 4) is 0 Å². The molecule has 6 atom stereocenters. The number of hydrogen-bond donors (Lipinski definition) is 2. The van der Waals surface area contributed by atoms with Crippen molar-refractivity contribution in [2.24, 2.45) is 11.8 Å². The van der Waals surface area contributed by atoms with E-state index in [1.165, 1.54) is 0 Å². The van der Waals surface area contributed by atoms with Gasteiger partial charge in [-0.3, -0.25) is 0 Å². The lowest BCUT2D eigenvalue weighted by atomic mass is 9.88. The average molecular weight is 525 g/mol. The second kappa shape index (κ2) is 11.5. The summed E-state index contributed by atoms with van der Waals surface area (Å²) < 4.78 is 26.8. The zero-order valence-corrected chi connectivity index (χ0v) is 27.0. The first-order valence-electron chi connectivity index (χ1n) is 12.4. The summed E-state index contributed by atoms with van der Waals surface area (Å²) in [5.41, 5.74) is 0.973. The Morgan fingerprint density at radius 3 is 1.32 bits per heavy atom. The lowest BCUT2D eigenvalue weighted by Gasteiger charge is -2.47. The van der Waals surface area contributed by atoms with E-state index in [2.05, 4.69) is 53.1 Å². The lowest BCUT2D eigenvalue weighted by molar-refractivity contribution is 0.0730. The number of aliphatic hydroxyl groups is 2. The molecule has 2 N–H and O–H groups in total. The van der Waals surface area contributed by atoms with Gasteiger partial charge in [0.1, 0.15) is 0 Å². The Balaban J connectivity index is 2.22. The van der Waals surface area contributed by atoms with Crippen LogP contribution < -0.4 is 0 Å². The number of rotatable bonds is 10. The van der Waals surface area contributed by atoms with Crippen molar-refractivity contribution < 1.29 is 26.7 Å². The molecule has 0 aromatic heterocycles. The van der Waals surface area contributed by atoms with E-state index >= 15 is 0 Å². The maximum Gasteiger partial charge on any atom is 0.636 e. The Bertz CT molecular complexity index is 518. The van der Waals surface area contributed by atoms with Crippen LogP contribution in [0.4, 0.5) is 0 Å². The Morgan fingerprint density at radius 2 is 1.03 bits per heavy atom. The summed E-state index contributed by atoms with van der Waals surface area (Å²) in [6.07, 6.45) is 5.39. The largest absolute Gasteiger partial charge is 0.636 e. The highest BCUT2D eigenvalue weighted by atomic mass is 28.5. The first-order valence-corrected chi connectivity index (χ1v) is 24.0. The van der Waals surface area contributed by atoms with Crippen molar-refractivity contribution in [3.05, 3.63) is 0 Å². The molecule has 184 valence electrons. The molecule has 0 radical (unpaired) electrons. The zero-order valence-electron chi connectivity index (χ0n) is 21.1. The van der Waals surface area contributed by atoms with Gasteiger partial charge in [-0.15, -0.1) is 0 Å². The van der Waals surface area contributed by atoms with Crippen LogP contribution in [-0.4, -0.2) is 67.6 Å². The molecule has 6 nitrogen and oxygen atoms in total. The van der Waals surface area contributed by atoms with Gasteiger partial charge >= 0.3 is 9.05 Å². The first kappa shape index (κ1) is 28.1. The molecule has 2 aliphatic carbocycles. The first-order chi connectivity index (χ1) is 14.4. The molecule has 0 aliphatic heterocycles. The molecule has 0 aromatic rings. The van der Waals surface area contributed by atoms with Crippen LogP contribution in [0.15, 0.2) is 0 Å². The van der Waals surface area contributed by atoms with E-state index in [1.807, 2.05) is 0 Å². The predicted octanol–water partition coefficient (Wildman–Crippen LogP) is 3.26. The van der Waals surface area contributed by atoms with Gasteiger partial charge in [0, 0.05) is 0 Å². The minimum absolute atomic E-state index is 0.187. The van der Waals surface area contributed by atoms with E-state index < -0.39 is 45.2 Å². The highest BCUT2D eigenvalue weighted by molar-refractivity contribution is 6.87. The fraction of sp³-hybridized carbons (Fsp3) is 1.00. The van der Waals surface area contributed by atoms with Crippen LogP contribution in [0.3, 0.4) is 0 Å². The van der Waals surface area contributed by atoms with E-state index in [0.717, 1.165) is 38.5 Å². The van der Waals surface area contributed by atoms with Crippen molar-refractivity contribution in [1.29, 1.82) is 0 Å². The Kier molecular flexibility index (Phi) is 10.4. The Hall–Kier alpha value is 0.844. The van der Waals surface area contributed by atoms with Gasteiger partial charge in [0.15, 0.2) is 36.2 Å². The molecular weight excluding hydrogens is 477 g/mol. The molecule has 0 aromatic carbocycles. The fourth-order valence-electron chi connectivity index (χ4n) is 5.37. The van der Waals surface area contributed by atoms with E-state index in [0.29, 0.717) is 22.9 Å². The molecule has 0 spiro atoms. The van der Waals surface area contributed by atoms with Crippen LogP contribution in [0.1, 0.15) is 52.4 Å². The summed E-state index contributed by atoms with van der Waals surface area (Å²) in [5, 5.41) is 20.4. The molecular formula is C20H48O6Si5. The Morgan fingerprint density at radius 1 is 0.677 bits per heavy atom. The van der Waals surface area contributed by atoms with E-state index in [1.54, 1.807) is 0 Å². The van der Waals surface area contributed by atoms with Gasteiger partial charge < -0.3 is 26.7 Å². The highest BCUT2D eigenvalue weighted by Crippen LogP contribution is 2.44. The van der Waals surface area contributed by atoms with Gasteiger partial charge in [-0.05, 0) is 87.6 Å². The molecule has 0 amide bonds. The number of aliphatic hydroxyl groups excluding tert-OH is 2. The topological polar surface area (TPSA) is 77.4 Å². The maximum atomic E-state index is 10.2. The molecule has 0 bridgehead atoms. The molecule has 2 aliphatic rings. The summed E-state index contributed by atoms with van der Waals surface area (Å²) in [6, 6.07) is 0. The third-order valence-corrected chi connectivity index (χ3v) is 24.0. The normalized spacial score (nSPS) is 35.8. The molecule has 11 heteroatoms. The van der Waals surface area contributed by atoms with Gasteiger partial charge in [-0.25, -0.2) is 0 Å². The third kappa shape index (κ3) is 7.41. The second-order valence-corrected chi connectivity index (χ2v) is 25.0. The number of hydrogen-bond acceptors (Lipinski definition) is 6. The molecule has 0 saturated heterocycles. The van der Waals surface area contributed by atoms with Crippen LogP contribution >= 0.6 is 0 Å². The van der Waals surface area contributed by atoms with Crippen LogP contribution in [0.25, 0.3) is 0 Å². The molecule has 0 heterocycles. The minimum atomic E-state index is -3.19. The predicted molar refractivity (Wildman–Crippen MR) is 139 cm³/mol. The standard InChI is InChI=1S/C20H48O6Si5/c1-15-13-17(9-11-19(15)21)29(5,6)25-31(23-27-3,24-28-4)26-30(7,8)18-10-12-20(22)16(2)14-18/h15-22H,9-14,27-28H2,1-8H3. The summed E-state index contributed by atoms with van der Waals surface area (Å²) >= 11 is 0. The molecule has 31 heavy (non-hydrogen) atoms. The smallest absolute Gasteiger partial charge is 0.402 e. The molecule has 2 saturated carbocycles. The maximum absolute atomic E-state index is 10.2. The molecule has 2 fully saturated rings. The SMILES string of the molecule is C[SiH2]O[Si](O[SiH2]C)(O[Si](C)(C)C1CCC(O)C(C)C1)O[Si](C)(C)C1CCC(O)C(C)C1. The lowest BCUT2D eigenvalue weighted by Crippen LogP contribution is -2.63. The van der Waals surface area contributed by atoms with Crippen molar-refractivity contribution in [1.82, 2.24) is 0 Å². The average Bonchev–Trinajstić information content (AvgIpc) is 2.65.